The van der Waals surface area contributed by atoms with Crippen molar-refractivity contribution in [2.45, 2.75) is 116 Å². The normalized spacial score (nSPS) is 11.8. The van der Waals surface area contributed by atoms with E-state index in [0.29, 0.717) is 13.0 Å². The molecule has 236 valence electrons. The first-order valence-electron chi connectivity index (χ1n) is 15.8. The van der Waals surface area contributed by atoms with Gasteiger partial charge in [-0.2, -0.15) is 10.2 Å². The summed E-state index contributed by atoms with van der Waals surface area (Å²) < 4.78 is 5.86. The van der Waals surface area contributed by atoms with E-state index in [1.165, 1.54) is 37.7 Å². The van der Waals surface area contributed by atoms with E-state index in [4.69, 9.17) is 14.9 Å². The van der Waals surface area contributed by atoms with Crippen LogP contribution >= 0.6 is 0 Å². The second-order valence-corrected chi connectivity index (χ2v) is 11.0. The zero-order chi connectivity index (χ0) is 31.1. The number of nitrogens with zero attached hydrogens (tertiary/aromatic N) is 2. The minimum absolute atomic E-state index is 0.206. The lowest BCUT2D eigenvalue weighted by Crippen LogP contribution is -2.42. The van der Waals surface area contributed by atoms with Gasteiger partial charge in [0.1, 0.15) is 11.8 Å². The summed E-state index contributed by atoms with van der Waals surface area (Å²) in [6, 6.07) is 14.6. The fraction of sp³-hybridized carbons (Fsp3) is 0.559. The summed E-state index contributed by atoms with van der Waals surface area (Å²) in [4.78, 5) is 33.5. The number of rotatable bonds is 24. The van der Waals surface area contributed by atoms with Crippen LogP contribution in [-0.4, -0.2) is 40.7 Å². The van der Waals surface area contributed by atoms with Gasteiger partial charge in [0.25, 0.3) is 0 Å². The first-order valence-corrected chi connectivity index (χ1v) is 15.8. The number of carboxylic acids is 2. The highest BCUT2D eigenvalue weighted by molar-refractivity contribution is 5.86. The molecular formula is C34H49N3O6. The van der Waals surface area contributed by atoms with E-state index in [-0.39, 0.29) is 6.42 Å². The van der Waals surface area contributed by atoms with E-state index in [2.05, 4.69) is 34.6 Å². The van der Waals surface area contributed by atoms with Gasteiger partial charge in [0.05, 0.1) is 24.4 Å². The highest BCUT2D eigenvalue weighted by Gasteiger charge is 2.22. The molecule has 0 saturated heterocycles. The quantitative estimate of drug-likeness (QED) is 0.0821. The minimum atomic E-state index is -1.38. The van der Waals surface area contributed by atoms with Crippen LogP contribution in [0, 0.1) is 0 Å². The average Bonchev–Trinajstić information content (AvgIpc) is 2.99. The summed E-state index contributed by atoms with van der Waals surface area (Å²) in [5.74, 6) is -2.19. The SMILES string of the molecule is CCCCCCCc1ccc(N=Nc2ccc(OCCCCCCCCCCC(=O)N[C@@H](CC(=O)O)C(=O)O)cc2)cc1. The lowest BCUT2D eigenvalue weighted by Gasteiger charge is -2.12. The van der Waals surface area contributed by atoms with Crippen molar-refractivity contribution in [3.63, 3.8) is 0 Å². The van der Waals surface area contributed by atoms with E-state index >= 15 is 0 Å². The molecule has 0 aromatic heterocycles. The molecule has 0 aliphatic carbocycles. The van der Waals surface area contributed by atoms with Gasteiger partial charge >= 0.3 is 11.9 Å². The van der Waals surface area contributed by atoms with Crippen molar-refractivity contribution >= 4 is 29.2 Å². The van der Waals surface area contributed by atoms with Crippen molar-refractivity contribution in [1.82, 2.24) is 5.32 Å². The molecule has 0 saturated carbocycles. The fourth-order valence-corrected chi connectivity index (χ4v) is 4.67. The van der Waals surface area contributed by atoms with Crippen LogP contribution in [0.2, 0.25) is 0 Å². The molecule has 0 heterocycles. The Kier molecular flexibility index (Phi) is 18.0. The summed E-state index contributed by atoms with van der Waals surface area (Å²) >= 11 is 0. The Morgan fingerprint density at radius 1 is 0.721 bits per heavy atom. The average molecular weight is 596 g/mol. The number of ether oxygens (including phenoxy) is 1. The Bertz CT molecular complexity index is 1100. The van der Waals surface area contributed by atoms with E-state index in [0.717, 1.165) is 68.5 Å². The number of hydrogen-bond donors (Lipinski definition) is 3. The van der Waals surface area contributed by atoms with Gasteiger partial charge in [-0.05, 0) is 67.6 Å². The number of benzene rings is 2. The van der Waals surface area contributed by atoms with Crippen molar-refractivity contribution in [3.05, 3.63) is 54.1 Å². The molecule has 0 radical (unpaired) electrons. The number of hydrogen-bond acceptors (Lipinski definition) is 6. The van der Waals surface area contributed by atoms with Gasteiger partial charge in [-0.3, -0.25) is 9.59 Å². The predicted molar refractivity (Wildman–Crippen MR) is 168 cm³/mol. The number of carbonyl (C=O) groups is 3. The Labute approximate surface area is 256 Å². The summed E-state index contributed by atoms with van der Waals surface area (Å²) in [5.41, 5.74) is 2.99. The summed E-state index contributed by atoms with van der Waals surface area (Å²) in [6.07, 6.45) is 15.1. The number of carboxylic acid groups (broad SMARTS) is 2. The largest absolute Gasteiger partial charge is 0.494 e. The second kappa shape index (κ2) is 21.9. The molecule has 0 aliphatic rings. The fourth-order valence-electron chi connectivity index (χ4n) is 4.67. The highest BCUT2D eigenvalue weighted by atomic mass is 16.5. The maximum atomic E-state index is 11.8. The third-order valence-electron chi connectivity index (χ3n) is 7.20. The monoisotopic (exact) mass is 595 g/mol. The van der Waals surface area contributed by atoms with Crippen molar-refractivity contribution in [2.24, 2.45) is 10.2 Å². The Morgan fingerprint density at radius 2 is 1.26 bits per heavy atom. The summed E-state index contributed by atoms with van der Waals surface area (Å²) in [5, 5.41) is 28.7. The molecule has 2 aromatic carbocycles. The van der Waals surface area contributed by atoms with Crippen LogP contribution < -0.4 is 10.1 Å². The molecule has 2 rings (SSSR count). The zero-order valence-electron chi connectivity index (χ0n) is 25.6. The standard InChI is InChI=1S/C34H49N3O6/c1-2-3-4-9-12-15-27-17-19-28(20-18-27)36-37-29-21-23-30(24-22-29)43-25-14-11-8-6-5-7-10-13-16-32(38)35-31(34(41)42)26-33(39)40/h17-24,31H,2-16,25-26H2,1H3,(H,35,38)(H,39,40)(H,41,42)/t31-/m0/s1. The van der Waals surface area contributed by atoms with Gasteiger partial charge < -0.3 is 20.3 Å². The smallest absolute Gasteiger partial charge is 0.326 e. The van der Waals surface area contributed by atoms with Crippen LogP contribution in [0.5, 0.6) is 5.75 Å². The lowest BCUT2D eigenvalue weighted by molar-refractivity contribution is -0.147. The first-order chi connectivity index (χ1) is 20.9. The van der Waals surface area contributed by atoms with Gasteiger partial charge in [-0.25, -0.2) is 4.79 Å². The third kappa shape index (κ3) is 17.1. The van der Waals surface area contributed by atoms with Crippen molar-refractivity contribution in [1.29, 1.82) is 0 Å². The Hall–Kier alpha value is -3.75. The van der Waals surface area contributed by atoms with Crippen LogP contribution in [0.25, 0.3) is 0 Å². The molecule has 9 heteroatoms. The number of carbonyl (C=O) groups excluding carboxylic acids is 1. The number of aliphatic carboxylic acids is 2. The van der Waals surface area contributed by atoms with Gasteiger partial charge in [0.2, 0.25) is 5.91 Å². The van der Waals surface area contributed by atoms with Crippen molar-refractivity contribution in [2.75, 3.05) is 6.61 Å². The van der Waals surface area contributed by atoms with Crippen LogP contribution in [0.1, 0.15) is 109 Å². The number of amides is 1. The van der Waals surface area contributed by atoms with Crippen molar-refractivity contribution in [3.8, 4) is 5.75 Å². The first kappa shape index (κ1) is 35.4. The van der Waals surface area contributed by atoms with Crippen LogP contribution in [-0.2, 0) is 20.8 Å². The number of aryl methyl sites for hydroxylation is 1. The number of nitrogens with one attached hydrogen (secondary N) is 1. The number of azo groups is 1. The molecule has 0 aliphatic heterocycles. The van der Waals surface area contributed by atoms with E-state index < -0.39 is 30.3 Å². The molecule has 0 unspecified atom stereocenters. The van der Waals surface area contributed by atoms with E-state index in [1.807, 2.05) is 36.4 Å². The summed E-state index contributed by atoms with van der Waals surface area (Å²) in [6.45, 7) is 2.91. The third-order valence-corrected chi connectivity index (χ3v) is 7.20. The van der Waals surface area contributed by atoms with Gasteiger partial charge in [-0.1, -0.05) is 83.3 Å². The Morgan fingerprint density at radius 3 is 1.84 bits per heavy atom. The predicted octanol–water partition coefficient (Wildman–Crippen LogP) is 8.55. The molecule has 3 N–H and O–H groups in total. The molecule has 0 fully saturated rings. The molecule has 0 bridgehead atoms. The van der Waals surface area contributed by atoms with E-state index in [1.54, 1.807) is 0 Å². The molecule has 1 amide bonds. The molecular weight excluding hydrogens is 546 g/mol. The minimum Gasteiger partial charge on any atom is -0.494 e. The van der Waals surface area contributed by atoms with Gasteiger partial charge in [0.15, 0.2) is 0 Å². The maximum Gasteiger partial charge on any atom is 0.326 e. The molecule has 9 nitrogen and oxygen atoms in total. The lowest BCUT2D eigenvalue weighted by atomic mass is 10.1. The topological polar surface area (TPSA) is 138 Å². The highest BCUT2D eigenvalue weighted by Crippen LogP contribution is 2.22. The van der Waals surface area contributed by atoms with Gasteiger partial charge in [-0.15, -0.1) is 0 Å². The van der Waals surface area contributed by atoms with Crippen LogP contribution in [0.4, 0.5) is 11.4 Å². The van der Waals surface area contributed by atoms with Gasteiger partial charge in [0, 0.05) is 6.42 Å². The summed E-state index contributed by atoms with van der Waals surface area (Å²) in [7, 11) is 0. The van der Waals surface area contributed by atoms with Crippen LogP contribution in [0.3, 0.4) is 0 Å². The zero-order valence-corrected chi connectivity index (χ0v) is 25.6. The molecule has 0 spiro atoms. The van der Waals surface area contributed by atoms with Crippen molar-refractivity contribution < 1.29 is 29.3 Å². The van der Waals surface area contributed by atoms with E-state index in [9.17, 15) is 14.4 Å². The maximum absolute atomic E-state index is 11.8. The van der Waals surface area contributed by atoms with Crippen LogP contribution in [0.15, 0.2) is 58.8 Å². The molecule has 43 heavy (non-hydrogen) atoms. The number of unbranched alkanes of at least 4 members (excludes halogenated alkanes) is 11. The second-order valence-electron chi connectivity index (χ2n) is 11.0. The molecule has 1 atom stereocenters. The molecule has 2 aromatic rings. The Balaban J connectivity index is 1.49.